The van der Waals surface area contributed by atoms with Gasteiger partial charge in [-0.15, -0.1) is 11.3 Å². The van der Waals surface area contributed by atoms with Crippen molar-refractivity contribution in [2.45, 2.75) is 0 Å². The van der Waals surface area contributed by atoms with Gasteiger partial charge in [-0.3, -0.25) is 0 Å². The summed E-state index contributed by atoms with van der Waals surface area (Å²) in [6.07, 6.45) is 0. The van der Waals surface area contributed by atoms with Gasteiger partial charge in [0.2, 0.25) is 0 Å². The van der Waals surface area contributed by atoms with Gasteiger partial charge in [-0.2, -0.15) is 0 Å². The monoisotopic (exact) mass is 743 g/mol. The third-order valence-electron chi connectivity index (χ3n) is 10.9. The summed E-state index contributed by atoms with van der Waals surface area (Å²) in [7, 11) is 0. The van der Waals surface area contributed by atoms with Gasteiger partial charge in [0.05, 0.1) is 0 Å². The van der Waals surface area contributed by atoms with Crippen LogP contribution in [0.5, 0.6) is 0 Å². The molecule has 0 aliphatic heterocycles. The lowest BCUT2D eigenvalue weighted by Crippen LogP contribution is -2.01. The molecule has 3 nitrogen and oxygen atoms in total. The SMILES string of the molecule is c1ccc(-c2cc(-c3nc(-c4cccc(-c5ccc(-c6ccc7ccccc7c6)cc5)c4)nc(-c4cccc5sc6ccccc6c45)n3)cc3ccccc23)cc1. The minimum Gasteiger partial charge on any atom is -0.208 e. The Morgan fingerprint density at radius 3 is 1.67 bits per heavy atom. The van der Waals surface area contributed by atoms with Crippen molar-refractivity contribution in [2.24, 2.45) is 0 Å². The number of nitrogens with zero attached hydrogens (tertiary/aromatic N) is 3. The fraction of sp³-hybridized carbons (Fsp3) is 0. The maximum atomic E-state index is 5.30. The number of rotatable bonds is 6. The minimum atomic E-state index is 0.635. The van der Waals surface area contributed by atoms with E-state index in [9.17, 15) is 0 Å². The molecule has 0 bridgehead atoms. The molecule has 0 aliphatic carbocycles. The van der Waals surface area contributed by atoms with Crippen molar-refractivity contribution in [1.29, 1.82) is 0 Å². The fourth-order valence-electron chi connectivity index (χ4n) is 8.07. The van der Waals surface area contributed by atoms with Crippen LogP contribution in [0.25, 0.3) is 109 Å². The second kappa shape index (κ2) is 13.8. The Bertz CT molecular complexity index is 3290. The van der Waals surface area contributed by atoms with E-state index in [1.54, 1.807) is 11.3 Å². The van der Waals surface area contributed by atoms with Crippen LogP contribution in [-0.4, -0.2) is 15.0 Å². The number of hydrogen-bond acceptors (Lipinski definition) is 4. The Labute approximate surface area is 334 Å². The Hall–Kier alpha value is -7.27. The predicted octanol–water partition coefficient (Wildman–Crippen LogP) is 14.5. The standard InChI is InChI=1S/C53H33N3S/c1-2-13-37(14-3-1)47-33-43(32-41-16-6-7-19-44(41)47)52-54-51(55-53(56-52)46-21-11-23-49-50(46)45-20-8-9-22-48(45)57-49)42-18-10-17-39(31-42)35-24-26-36(27-25-35)40-29-28-34-12-4-5-15-38(34)30-40/h1-33H. The quantitative estimate of drug-likeness (QED) is 0.170. The molecule has 2 heterocycles. The highest BCUT2D eigenvalue weighted by Crippen LogP contribution is 2.41. The molecule has 11 aromatic rings. The first-order valence-corrected chi connectivity index (χ1v) is 20.0. The second-order valence-corrected chi connectivity index (χ2v) is 15.5. The molecule has 0 spiro atoms. The van der Waals surface area contributed by atoms with Crippen LogP contribution >= 0.6 is 11.3 Å². The normalized spacial score (nSPS) is 11.5. The molecule has 0 aliphatic rings. The van der Waals surface area contributed by atoms with E-state index < -0.39 is 0 Å². The molecule has 0 atom stereocenters. The lowest BCUT2D eigenvalue weighted by atomic mass is 9.95. The molecule has 0 amide bonds. The highest BCUT2D eigenvalue weighted by Gasteiger charge is 2.18. The minimum absolute atomic E-state index is 0.635. The van der Waals surface area contributed by atoms with Gasteiger partial charge < -0.3 is 0 Å². The first kappa shape index (κ1) is 33.1. The average molecular weight is 744 g/mol. The van der Waals surface area contributed by atoms with Gasteiger partial charge in [-0.05, 0) is 91.3 Å². The molecule has 0 saturated carbocycles. The first-order valence-electron chi connectivity index (χ1n) is 19.2. The Morgan fingerprint density at radius 2 is 0.842 bits per heavy atom. The fourth-order valence-corrected chi connectivity index (χ4v) is 9.21. The van der Waals surface area contributed by atoms with Crippen molar-refractivity contribution in [3.05, 3.63) is 200 Å². The van der Waals surface area contributed by atoms with Crippen molar-refractivity contribution in [1.82, 2.24) is 15.0 Å². The molecule has 0 N–H and O–H groups in total. The smallest absolute Gasteiger partial charge is 0.164 e. The van der Waals surface area contributed by atoms with Gasteiger partial charge >= 0.3 is 0 Å². The maximum absolute atomic E-state index is 5.30. The first-order chi connectivity index (χ1) is 28.2. The van der Waals surface area contributed by atoms with Gasteiger partial charge in [-0.1, -0.05) is 164 Å². The van der Waals surface area contributed by atoms with E-state index in [2.05, 4.69) is 200 Å². The van der Waals surface area contributed by atoms with Crippen LogP contribution in [0, 0.1) is 0 Å². The van der Waals surface area contributed by atoms with Crippen LogP contribution in [-0.2, 0) is 0 Å². The van der Waals surface area contributed by atoms with Crippen molar-refractivity contribution >= 4 is 53.1 Å². The van der Waals surface area contributed by atoms with Crippen LogP contribution in [0.4, 0.5) is 0 Å². The predicted molar refractivity (Wildman–Crippen MR) is 240 cm³/mol. The summed E-state index contributed by atoms with van der Waals surface area (Å²) in [6, 6.07) is 71.1. The number of hydrogen-bond donors (Lipinski definition) is 0. The third-order valence-corrected chi connectivity index (χ3v) is 12.0. The van der Waals surface area contributed by atoms with E-state index in [1.807, 2.05) is 0 Å². The summed E-state index contributed by atoms with van der Waals surface area (Å²) in [4.78, 5) is 15.8. The zero-order valence-electron chi connectivity index (χ0n) is 30.8. The van der Waals surface area contributed by atoms with Crippen LogP contribution < -0.4 is 0 Å². The van der Waals surface area contributed by atoms with E-state index in [-0.39, 0.29) is 0 Å². The van der Waals surface area contributed by atoms with Gasteiger partial charge in [0.15, 0.2) is 17.5 Å². The molecular weight excluding hydrogens is 711 g/mol. The molecule has 57 heavy (non-hydrogen) atoms. The van der Waals surface area contributed by atoms with Gasteiger partial charge in [0, 0.05) is 36.9 Å². The second-order valence-electron chi connectivity index (χ2n) is 14.4. The molecule has 266 valence electrons. The molecule has 0 radical (unpaired) electrons. The zero-order chi connectivity index (χ0) is 37.7. The summed E-state index contributed by atoms with van der Waals surface area (Å²) in [5.74, 6) is 1.93. The van der Waals surface area contributed by atoms with Gasteiger partial charge in [-0.25, -0.2) is 15.0 Å². The lowest BCUT2D eigenvalue weighted by molar-refractivity contribution is 1.08. The number of thiophene rings is 1. The highest BCUT2D eigenvalue weighted by atomic mass is 32.1. The Kier molecular flexibility index (Phi) is 8.01. The summed E-state index contributed by atoms with van der Waals surface area (Å²) in [5, 5.41) is 7.20. The molecule has 9 aromatic carbocycles. The summed E-state index contributed by atoms with van der Waals surface area (Å²) < 4.78 is 2.46. The summed E-state index contributed by atoms with van der Waals surface area (Å²) in [6.45, 7) is 0. The van der Waals surface area contributed by atoms with E-state index in [0.29, 0.717) is 17.5 Å². The van der Waals surface area contributed by atoms with E-state index in [1.165, 1.54) is 47.5 Å². The highest BCUT2D eigenvalue weighted by molar-refractivity contribution is 7.25. The average Bonchev–Trinajstić information content (AvgIpc) is 3.68. The third kappa shape index (κ3) is 6.04. The Morgan fingerprint density at radius 1 is 0.281 bits per heavy atom. The van der Waals surface area contributed by atoms with Crippen LogP contribution in [0.15, 0.2) is 200 Å². The number of benzene rings is 9. The van der Waals surface area contributed by atoms with Crippen LogP contribution in [0.1, 0.15) is 0 Å². The molecule has 2 aromatic heterocycles. The summed E-state index contributed by atoms with van der Waals surface area (Å²) in [5.41, 5.74) is 9.80. The largest absolute Gasteiger partial charge is 0.208 e. The molecular formula is C53H33N3S. The molecule has 4 heteroatoms. The Balaban J connectivity index is 1.07. The lowest BCUT2D eigenvalue weighted by Gasteiger charge is -2.13. The maximum Gasteiger partial charge on any atom is 0.164 e. The molecule has 0 saturated heterocycles. The number of aromatic nitrogens is 3. The topological polar surface area (TPSA) is 38.7 Å². The van der Waals surface area contributed by atoms with Crippen molar-refractivity contribution in [3.8, 4) is 67.5 Å². The van der Waals surface area contributed by atoms with E-state index in [0.717, 1.165) is 44.3 Å². The van der Waals surface area contributed by atoms with Crippen LogP contribution in [0.3, 0.4) is 0 Å². The van der Waals surface area contributed by atoms with Crippen molar-refractivity contribution < 1.29 is 0 Å². The molecule has 11 rings (SSSR count). The summed E-state index contributed by atoms with van der Waals surface area (Å²) >= 11 is 1.80. The van der Waals surface area contributed by atoms with E-state index in [4.69, 9.17) is 15.0 Å². The van der Waals surface area contributed by atoms with Gasteiger partial charge in [0.1, 0.15) is 0 Å². The van der Waals surface area contributed by atoms with Gasteiger partial charge in [0.25, 0.3) is 0 Å². The number of fused-ring (bicyclic) bond motifs is 5. The van der Waals surface area contributed by atoms with Crippen molar-refractivity contribution in [2.75, 3.05) is 0 Å². The van der Waals surface area contributed by atoms with Crippen molar-refractivity contribution in [3.63, 3.8) is 0 Å². The van der Waals surface area contributed by atoms with Crippen LogP contribution in [0.2, 0.25) is 0 Å². The zero-order valence-corrected chi connectivity index (χ0v) is 31.6. The van der Waals surface area contributed by atoms with E-state index >= 15 is 0 Å². The molecule has 0 unspecified atom stereocenters. The molecule has 0 fully saturated rings.